The lowest BCUT2D eigenvalue weighted by Crippen LogP contribution is -2.60. The number of hydrogen-bond acceptors (Lipinski definition) is 3. The fraction of sp³-hybridized carbons (Fsp3) is 0.812. The zero-order valence-electron chi connectivity index (χ0n) is 13.5. The summed E-state index contributed by atoms with van der Waals surface area (Å²) in [6.45, 7) is 3.24. The van der Waals surface area contributed by atoms with Gasteiger partial charge in [0.05, 0.1) is 6.20 Å². The quantitative estimate of drug-likeness (QED) is 0.866. The van der Waals surface area contributed by atoms with Crippen LogP contribution in [0, 0.1) is 0 Å². The second-order valence-electron chi connectivity index (χ2n) is 6.40. The first-order valence-corrected chi connectivity index (χ1v) is 7.97. The molecular formula is C16H30N4. The van der Waals surface area contributed by atoms with Crippen molar-refractivity contribution in [2.45, 2.75) is 57.0 Å². The fourth-order valence-electron chi connectivity index (χ4n) is 3.78. The highest BCUT2D eigenvalue weighted by molar-refractivity contribution is 5.11. The molecule has 20 heavy (non-hydrogen) atoms. The summed E-state index contributed by atoms with van der Waals surface area (Å²) < 4.78 is 1.90. The largest absolute Gasteiger partial charge is 0.312 e. The Balaban J connectivity index is 2.19. The Kier molecular flexibility index (Phi) is 5.22. The molecule has 0 spiro atoms. The van der Waals surface area contributed by atoms with Crippen molar-refractivity contribution in [3.05, 3.63) is 18.0 Å². The molecule has 2 rings (SSSR count). The molecule has 1 atom stereocenters. The van der Waals surface area contributed by atoms with Crippen LogP contribution in [0.3, 0.4) is 0 Å². The average molecular weight is 278 g/mol. The first kappa shape index (κ1) is 15.5. The Hall–Kier alpha value is -0.870. The molecule has 1 aromatic rings. The van der Waals surface area contributed by atoms with Crippen molar-refractivity contribution in [1.82, 2.24) is 20.0 Å². The Morgan fingerprint density at radius 1 is 1.35 bits per heavy atom. The van der Waals surface area contributed by atoms with Crippen LogP contribution in [0.4, 0.5) is 0 Å². The van der Waals surface area contributed by atoms with E-state index in [0.29, 0.717) is 11.6 Å². The predicted molar refractivity (Wildman–Crippen MR) is 83.9 cm³/mol. The molecule has 4 heteroatoms. The van der Waals surface area contributed by atoms with Gasteiger partial charge >= 0.3 is 0 Å². The maximum absolute atomic E-state index is 4.32. The highest BCUT2D eigenvalue weighted by Crippen LogP contribution is 2.36. The molecule has 4 nitrogen and oxygen atoms in total. The van der Waals surface area contributed by atoms with Crippen LogP contribution in [0.1, 0.15) is 44.6 Å². The molecule has 1 saturated carbocycles. The molecule has 0 aromatic carbocycles. The first-order valence-electron chi connectivity index (χ1n) is 7.97. The topological polar surface area (TPSA) is 33.1 Å². The molecule has 1 fully saturated rings. The van der Waals surface area contributed by atoms with Crippen LogP contribution >= 0.6 is 0 Å². The summed E-state index contributed by atoms with van der Waals surface area (Å²) in [5.74, 6) is 0. The third kappa shape index (κ3) is 3.23. The van der Waals surface area contributed by atoms with Crippen molar-refractivity contribution in [1.29, 1.82) is 0 Å². The molecule has 0 bridgehead atoms. The maximum Gasteiger partial charge on any atom is 0.0522 e. The maximum atomic E-state index is 4.32. The molecule has 0 radical (unpaired) electrons. The van der Waals surface area contributed by atoms with Crippen molar-refractivity contribution < 1.29 is 0 Å². The van der Waals surface area contributed by atoms with Gasteiger partial charge < -0.3 is 10.2 Å². The molecule has 1 aliphatic carbocycles. The van der Waals surface area contributed by atoms with E-state index in [9.17, 15) is 0 Å². The Bertz CT molecular complexity index is 404. The first-order chi connectivity index (χ1) is 9.58. The van der Waals surface area contributed by atoms with Crippen LogP contribution in [-0.2, 0) is 13.5 Å². The van der Waals surface area contributed by atoms with Crippen LogP contribution in [0.2, 0.25) is 0 Å². The summed E-state index contributed by atoms with van der Waals surface area (Å²) in [5, 5.41) is 8.07. The summed E-state index contributed by atoms with van der Waals surface area (Å²) in [4.78, 5) is 2.47. The van der Waals surface area contributed by atoms with E-state index in [0.717, 1.165) is 13.0 Å². The summed E-state index contributed by atoms with van der Waals surface area (Å²) >= 11 is 0. The number of hydrogen-bond donors (Lipinski definition) is 1. The number of nitrogens with one attached hydrogen (secondary N) is 1. The summed E-state index contributed by atoms with van der Waals surface area (Å²) in [6.07, 6.45) is 11.9. The summed E-state index contributed by atoms with van der Waals surface area (Å²) in [6, 6.07) is 0.506. The minimum Gasteiger partial charge on any atom is -0.312 e. The lowest BCUT2D eigenvalue weighted by atomic mass is 9.73. The van der Waals surface area contributed by atoms with Gasteiger partial charge in [0.2, 0.25) is 0 Å². The van der Waals surface area contributed by atoms with Crippen LogP contribution in [0.5, 0.6) is 0 Å². The Labute approximate surface area is 123 Å². The van der Waals surface area contributed by atoms with E-state index in [1.807, 2.05) is 17.9 Å². The van der Waals surface area contributed by atoms with Crippen molar-refractivity contribution in [3.8, 4) is 0 Å². The number of nitrogens with zero attached hydrogens (tertiary/aromatic N) is 3. The highest BCUT2D eigenvalue weighted by Gasteiger charge is 2.41. The highest BCUT2D eigenvalue weighted by atomic mass is 15.2. The van der Waals surface area contributed by atoms with Gasteiger partial charge in [-0.2, -0.15) is 5.10 Å². The normalized spacial score (nSPS) is 20.2. The van der Waals surface area contributed by atoms with Gasteiger partial charge in [0, 0.05) is 24.8 Å². The van der Waals surface area contributed by atoms with E-state index in [4.69, 9.17) is 0 Å². The van der Waals surface area contributed by atoms with E-state index < -0.39 is 0 Å². The molecule has 0 aliphatic heterocycles. The van der Waals surface area contributed by atoms with E-state index in [1.165, 1.54) is 37.7 Å². The molecule has 114 valence electrons. The number of aromatic nitrogens is 2. The van der Waals surface area contributed by atoms with Gasteiger partial charge in [0.15, 0.2) is 0 Å². The number of rotatable bonds is 6. The Morgan fingerprint density at radius 3 is 2.55 bits per heavy atom. The van der Waals surface area contributed by atoms with Gasteiger partial charge in [-0.1, -0.05) is 26.2 Å². The smallest absolute Gasteiger partial charge is 0.0522 e. The Morgan fingerprint density at radius 2 is 2.05 bits per heavy atom. The summed E-state index contributed by atoms with van der Waals surface area (Å²) in [5.41, 5.74) is 1.63. The van der Waals surface area contributed by atoms with Gasteiger partial charge in [-0.25, -0.2) is 0 Å². The van der Waals surface area contributed by atoms with Crippen LogP contribution in [0.15, 0.2) is 12.4 Å². The van der Waals surface area contributed by atoms with Crippen molar-refractivity contribution >= 4 is 0 Å². The lowest BCUT2D eigenvalue weighted by molar-refractivity contribution is 0.0575. The van der Waals surface area contributed by atoms with Crippen LogP contribution in [-0.4, -0.2) is 46.9 Å². The second-order valence-corrected chi connectivity index (χ2v) is 6.40. The van der Waals surface area contributed by atoms with Crippen LogP contribution in [0.25, 0.3) is 0 Å². The van der Waals surface area contributed by atoms with E-state index in [-0.39, 0.29) is 0 Å². The average Bonchev–Trinajstić information content (AvgIpc) is 2.84. The van der Waals surface area contributed by atoms with Gasteiger partial charge in [0.25, 0.3) is 0 Å². The summed E-state index contributed by atoms with van der Waals surface area (Å²) in [7, 11) is 6.49. The van der Waals surface area contributed by atoms with Crippen molar-refractivity contribution in [3.63, 3.8) is 0 Å². The monoisotopic (exact) mass is 278 g/mol. The molecular weight excluding hydrogens is 248 g/mol. The van der Waals surface area contributed by atoms with Gasteiger partial charge in [-0.15, -0.1) is 0 Å². The predicted octanol–water partition coefficient (Wildman–Crippen LogP) is 2.21. The fourth-order valence-corrected chi connectivity index (χ4v) is 3.78. The molecule has 0 saturated heterocycles. The van der Waals surface area contributed by atoms with Crippen molar-refractivity contribution in [2.75, 3.05) is 20.6 Å². The minimum atomic E-state index is 0.296. The molecule has 1 N–H and O–H groups in total. The van der Waals surface area contributed by atoms with E-state index in [1.54, 1.807) is 0 Å². The molecule has 0 amide bonds. The lowest BCUT2D eigenvalue weighted by Gasteiger charge is -2.49. The zero-order valence-corrected chi connectivity index (χ0v) is 13.5. The second kappa shape index (κ2) is 6.72. The van der Waals surface area contributed by atoms with Gasteiger partial charge in [0.1, 0.15) is 0 Å². The molecule has 1 heterocycles. The molecule has 1 aliphatic rings. The standard InChI is InChI=1S/C16H30N4/c1-5-17-15(11-14-12-18-20(4)13-14)16(19(2)3)9-7-6-8-10-16/h12-13,15,17H,5-11H2,1-4H3. The van der Waals surface area contributed by atoms with Gasteiger partial charge in [-0.05, 0) is 45.5 Å². The van der Waals surface area contributed by atoms with E-state index in [2.05, 4.69) is 42.5 Å². The third-order valence-electron chi connectivity index (χ3n) is 4.91. The van der Waals surface area contributed by atoms with Gasteiger partial charge in [-0.3, -0.25) is 4.68 Å². The zero-order chi connectivity index (χ0) is 14.6. The SMILES string of the molecule is CCNC(Cc1cnn(C)c1)C1(N(C)C)CCCCC1. The van der Waals surface area contributed by atoms with Crippen LogP contribution < -0.4 is 5.32 Å². The van der Waals surface area contributed by atoms with E-state index >= 15 is 0 Å². The number of aryl methyl sites for hydroxylation is 1. The van der Waals surface area contributed by atoms with Crippen molar-refractivity contribution in [2.24, 2.45) is 7.05 Å². The minimum absolute atomic E-state index is 0.296. The number of likely N-dealkylation sites (N-methyl/N-ethyl adjacent to an activating group) is 2. The molecule has 1 unspecified atom stereocenters. The molecule has 1 aromatic heterocycles. The third-order valence-corrected chi connectivity index (χ3v) is 4.91.